The van der Waals surface area contributed by atoms with Gasteiger partial charge in [-0.25, -0.2) is 0 Å². The number of ether oxygens (including phenoxy) is 1. The van der Waals surface area contributed by atoms with Crippen molar-refractivity contribution in [1.82, 2.24) is 10.2 Å². The smallest absolute Gasteiger partial charge is 0.118 e. The fourth-order valence-corrected chi connectivity index (χ4v) is 2.65. The van der Waals surface area contributed by atoms with Crippen LogP contribution in [0.15, 0.2) is 24.3 Å². The molecule has 19 heavy (non-hydrogen) atoms. The molecule has 1 saturated carbocycles. The fraction of sp³-hybridized carbons (Fsp3) is 0.625. The van der Waals surface area contributed by atoms with Gasteiger partial charge in [-0.2, -0.15) is 0 Å². The topological polar surface area (TPSA) is 24.5 Å². The summed E-state index contributed by atoms with van der Waals surface area (Å²) in [5.41, 5.74) is 1.38. The minimum atomic E-state index is 0.487. The van der Waals surface area contributed by atoms with Gasteiger partial charge in [-0.15, -0.1) is 0 Å². The van der Waals surface area contributed by atoms with Gasteiger partial charge in [0.2, 0.25) is 0 Å². The molecule has 0 aromatic heterocycles. The summed E-state index contributed by atoms with van der Waals surface area (Å²) in [5.74, 6) is 1.73. The van der Waals surface area contributed by atoms with Crippen LogP contribution in [0.25, 0.3) is 0 Å². The van der Waals surface area contributed by atoms with Gasteiger partial charge in [0.1, 0.15) is 5.75 Å². The van der Waals surface area contributed by atoms with Crippen LogP contribution in [0.1, 0.15) is 31.4 Å². The Morgan fingerprint density at radius 2 is 1.89 bits per heavy atom. The van der Waals surface area contributed by atoms with E-state index >= 15 is 0 Å². The van der Waals surface area contributed by atoms with E-state index in [-0.39, 0.29) is 0 Å². The molecular weight excluding hydrogens is 236 g/mol. The fourth-order valence-electron chi connectivity index (χ4n) is 2.65. The van der Waals surface area contributed by atoms with Gasteiger partial charge < -0.3 is 15.0 Å². The van der Waals surface area contributed by atoms with Crippen LogP contribution in [-0.4, -0.2) is 38.7 Å². The minimum Gasteiger partial charge on any atom is -0.497 e. The van der Waals surface area contributed by atoms with Crippen LogP contribution in [-0.2, 0) is 0 Å². The largest absolute Gasteiger partial charge is 0.497 e. The van der Waals surface area contributed by atoms with Gasteiger partial charge >= 0.3 is 0 Å². The minimum absolute atomic E-state index is 0.487. The van der Waals surface area contributed by atoms with Gasteiger partial charge in [0.15, 0.2) is 0 Å². The Morgan fingerprint density at radius 3 is 2.37 bits per heavy atom. The number of benzene rings is 1. The second-order valence-corrected chi connectivity index (χ2v) is 5.92. The van der Waals surface area contributed by atoms with Gasteiger partial charge in [0.05, 0.1) is 7.11 Å². The zero-order valence-electron chi connectivity index (χ0n) is 12.5. The molecule has 3 heteroatoms. The number of hydrogen-bond donors (Lipinski definition) is 1. The third kappa shape index (κ3) is 4.22. The highest BCUT2D eigenvalue weighted by Crippen LogP contribution is 2.41. The van der Waals surface area contributed by atoms with Gasteiger partial charge in [-0.05, 0) is 57.5 Å². The first kappa shape index (κ1) is 14.4. The molecule has 1 aromatic carbocycles. The van der Waals surface area contributed by atoms with E-state index in [1.54, 1.807) is 7.11 Å². The number of methoxy groups -OCH3 is 1. The summed E-state index contributed by atoms with van der Waals surface area (Å²) in [7, 11) is 5.96. The molecule has 2 rings (SSSR count). The molecule has 0 aliphatic heterocycles. The van der Waals surface area contributed by atoms with E-state index in [0.29, 0.717) is 12.1 Å². The molecule has 0 amide bonds. The zero-order chi connectivity index (χ0) is 13.8. The van der Waals surface area contributed by atoms with Gasteiger partial charge in [0, 0.05) is 18.6 Å². The Balaban J connectivity index is 2.02. The maximum absolute atomic E-state index is 5.23. The van der Waals surface area contributed by atoms with Crippen molar-refractivity contribution in [3.05, 3.63) is 29.8 Å². The van der Waals surface area contributed by atoms with Crippen molar-refractivity contribution in [2.75, 3.05) is 27.7 Å². The Morgan fingerprint density at radius 1 is 1.26 bits per heavy atom. The van der Waals surface area contributed by atoms with E-state index < -0.39 is 0 Å². The van der Waals surface area contributed by atoms with E-state index in [2.05, 4.69) is 55.5 Å². The van der Waals surface area contributed by atoms with E-state index in [0.717, 1.165) is 18.2 Å². The molecule has 106 valence electrons. The van der Waals surface area contributed by atoms with Crippen molar-refractivity contribution >= 4 is 0 Å². The Kier molecular flexibility index (Phi) is 4.83. The van der Waals surface area contributed by atoms with E-state index in [1.807, 2.05) is 0 Å². The average molecular weight is 262 g/mol. The lowest BCUT2D eigenvalue weighted by atomic mass is 10.0. The molecule has 1 N–H and O–H groups in total. The van der Waals surface area contributed by atoms with Crippen LogP contribution in [0.2, 0.25) is 0 Å². The number of hydrogen-bond acceptors (Lipinski definition) is 3. The van der Waals surface area contributed by atoms with Crippen LogP contribution in [0.3, 0.4) is 0 Å². The lowest BCUT2D eigenvalue weighted by Gasteiger charge is -2.26. The van der Waals surface area contributed by atoms with Gasteiger partial charge in [-0.3, -0.25) is 0 Å². The quantitative estimate of drug-likeness (QED) is 0.817. The Bertz CT molecular complexity index is 384. The van der Waals surface area contributed by atoms with Crippen molar-refractivity contribution in [1.29, 1.82) is 0 Å². The van der Waals surface area contributed by atoms with Gasteiger partial charge in [-0.1, -0.05) is 12.1 Å². The third-order valence-corrected chi connectivity index (χ3v) is 3.67. The van der Waals surface area contributed by atoms with E-state index in [9.17, 15) is 0 Å². The molecule has 0 saturated heterocycles. The molecule has 3 nitrogen and oxygen atoms in total. The van der Waals surface area contributed by atoms with Crippen LogP contribution in [0.4, 0.5) is 0 Å². The molecular formula is C16H26N2O. The number of nitrogens with one attached hydrogen (secondary N) is 1. The molecule has 1 fully saturated rings. The van der Waals surface area contributed by atoms with E-state index in [1.165, 1.54) is 18.4 Å². The predicted octanol–water partition coefficient (Wildman–Crippen LogP) is 2.69. The highest BCUT2D eigenvalue weighted by molar-refractivity contribution is 5.30. The lowest BCUT2D eigenvalue weighted by Crippen LogP contribution is -2.38. The summed E-state index contributed by atoms with van der Waals surface area (Å²) >= 11 is 0. The second kappa shape index (κ2) is 6.40. The average Bonchev–Trinajstić information content (AvgIpc) is 3.19. The van der Waals surface area contributed by atoms with E-state index in [4.69, 9.17) is 4.74 Å². The first-order chi connectivity index (χ1) is 9.10. The molecule has 1 aliphatic carbocycles. The highest BCUT2D eigenvalue weighted by atomic mass is 16.5. The van der Waals surface area contributed by atoms with Crippen LogP contribution < -0.4 is 10.1 Å². The van der Waals surface area contributed by atoms with Crippen molar-refractivity contribution < 1.29 is 4.74 Å². The van der Waals surface area contributed by atoms with Crippen LogP contribution >= 0.6 is 0 Å². The molecule has 2 unspecified atom stereocenters. The molecule has 0 radical (unpaired) electrons. The summed E-state index contributed by atoms with van der Waals surface area (Å²) < 4.78 is 5.23. The summed E-state index contributed by atoms with van der Waals surface area (Å²) in [6, 6.07) is 9.49. The number of nitrogens with zero attached hydrogens (tertiary/aromatic N) is 1. The summed E-state index contributed by atoms with van der Waals surface area (Å²) in [6.07, 6.45) is 2.69. The molecule has 1 aromatic rings. The standard InChI is InChI=1S/C16H26N2O/c1-12(11-18(2)3)17-16(13-5-6-13)14-7-9-15(19-4)10-8-14/h7-10,12-13,16-17H,5-6,11H2,1-4H3. The maximum Gasteiger partial charge on any atom is 0.118 e. The number of rotatable bonds is 7. The lowest BCUT2D eigenvalue weighted by molar-refractivity contribution is 0.319. The summed E-state index contributed by atoms with van der Waals surface area (Å²) in [4.78, 5) is 2.23. The molecule has 1 aliphatic rings. The normalized spacial score (nSPS) is 18.4. The summed E-state index contributed by atoms with van der Waals surface area (Å²) in [6.45, 7) is 3.33. The van der Waals surface area contributed by atoms with Crippen molar-refractivity contribution in [3.63, 3.8) is 0 Å². The number of likely N-dealkylation sites (N-methyl/N-ethyl adjacent to an activating group) is 1. The predicted molar refractivity (Wildman–Crippen MR) is 79.6 cm³/mol. The summed E-state index contributed by atoms with van der Waals surface area (Å²) in [5, 5.41) is 3.78. The molecule has 0 heterocycles. The van der Waals surface area contributed by atoms with Crippen LogP contribution in [0.5, 0.6) is 5.75 Å². The molecule has 0 spiro atoms. The van der Waals surface area contributed by atoms with Crippen molar-refractivity contribution in [2.45, 2.75) is 31.8 Å². The third-order valence-electron chi connectivity index (χ3n) is 3.67. The SMILES string of the molecule is COc1ccc(C(NC(C)CN(C)C)C2CC2)cc1. The Labute approximate surface area is 116 Å². The molecule has 2 atom stereocenters. The van der Waals surface area contributed by atoms with Crippen molar-refractivity contribution in [2.24, 2.45) is 5.92 Å². The maximum atomic E-state index is 5.23. The molecule has 0 bridgehead atoms. The van der Waals surface area contributed by atoms with Crippen LogP contribution in [0, 0.1) is 5.92 Å². The second-order valence-electron chi connectivity index (χ2n) is 5.92. The zero-order valence-corrected chi connectivity index (χ0v) is 12.5. The Hall–Kier alpha value is -1.06. The first-order valence-corrected chi connectivity index (χ1v) is 7.15. The van der Waals surface area contributed by atoms with Crippen molar-refractivity contribution in [3.8, 4) is 5.75 Å². The highest BCUT2D eigenvalue weighted by Gasteiger charge is 2.32. The van der Waals surface area contributed by atoms with Gasteiger partial charge in [0.25, 0.3) is 0 Å². The monoisotopic (exact) mass is 262 g/mol. The first-order valence-electron chi connectivity index (χ1n) is 7.15.